The minimum Gasteiger partial charge on any atom is -0.322 e. The lowest BCUT2D eigenvalue weighted by Crippen LogP contribution is -2.36. The summed E-state index contributed by atoms with van der Waals surface area (Å²) in [6.45, 7) is 0.999. The smallest absolute Gasteiger partial charge is 0.182 e. The summed E-state index contributed by atoms with van der Waals surface area (Å²) < 4.78 is 14.1. The van der Waals surface area contributed by atoms with Crippen molar-refractivity contribution in [2.45, 2.75) is 25.7 Å². The van der Waals surface area contributed by atoms with E-state index in [2.05, 4.69) is 15.9 Å². The highest BCUT2D eigenvalue weighted by atomic mass is 79.9. The molecule has 25 heavy (non-hydrogen) atoms. The molecule has 0 aliphatic carbocycles. The monoisotopic (exact) mass is 402 g/mol. The second-order valence-electron chi connectivity index (χ2n) is 6.10. The summed E-state index contributed by atoms with van der Waals surface area (Å²) >= 11 is 3.45. The lowest BCUT2D eigenvalue weighted by molar-refractivity contribution is 0.100. The topological polar surface area (TPSA) is 32.7 Å². The Morgan fingerprint density at radius 2 is 1.76 bits per heavy atom. The Morgan fingerprint density at radius 3 is 2.48 bits per heavy atom. The molecule has 2 aromatic rings. The molecular formula is C20H20BrFN2O. The normalized spacial score (nSPS) is 14.6. The van der Waals surface area contributed by atoms with Gasteiger partial charge in [-0.1, -0.05) is 22.4 Å². The molecule has 130 valence electrons. The van der Waals surface area contributed by atoms with E-state index in [1.54, 1.807) is 0 Å². The zero-order valence-corrected chi connectivity index (χ0v) is 15.5. The summed E-state index contributed by atoms with van der Waals surface area (Å²) in [7, 11) is 0. The fourth-order valence-electron chi connectivity index (χ4n) is 2.90. The highest BCUT2D eigenvalue weighted by Gasteiger charge is 2.19. The van der Waals surface area contributed by atoms with Gasteiger partial charge in [-0.3, -0.25) is 9.79 Å². The molecule has 0 unspecified atom stereocenters. The average Bonchev–Trinajstić information content (AvgIpc) is 2.90. The molecule has 5 heteroatoms. The van der Waals surface area contributed by atoms with Crippen LogP contribution in [0.25, 0.3) is 0 Å². The van der Waals surface area contributed by atoms with Crippen molar-refractivity contribution in [2.24, 2.45) is 4.99 Å². The van der Waals surface area contributed by atoms with Crippen molar-refractivity contribution in [2.75, 3.05) is 18.0 Å². The Kier molecular flexibility index (Phi) is 5.97. The van der Waals surface area contributed by atoms with Gasteiger partial charge < -0.3 is 4.90 Å². The molecule has 0 spiro atoms. The number of ketones is 1. The molecule has 0 bridgehead atoms. The first-order chi connectivity index (χ1) is 12.1. The molecular weight excluding hydrogens is 383 g/mol. The summed E-state index contributed by atoms with van der Waals surface area (Å²) in [5.41, 5.74) is 1.46. The third-order valence-corrected chi connectivity index (χ3v) is 4.80. The molecule has 0 saturated carbocycles. The molecule has 2 aromatic carbocycles. The van der Waals surface area contributed by atoms with Gasteiger partial charge in [-0.2, -0.15) is 0 Å². The predicted molar refractivity (Wildman–Crippen MR) is 103 cm³/mol. The van der Waals surface area contributed by atoms with E-state index in [1.807, 2.05) is 29.2 Å². The third kappa shape index (κ3) is 4.75. The zero-order chi connectivity index (χ0) is 17.6. The van der Waals surface area contributed by atoms with Crippen LogP contribution in [0.5, 0.6) is 0 Å². The zero-order valence-electron chi connectivity index (χ0n) is 13.9. The Bertz CT molecular complexity index is 756. The van der Waals surface area contributed by atoms with Gasteiger partial charge in [0.2, 0.25) is 0 Å². The quantitative estimate of drug-likeness (QED) is 0.654. The molecule has 0 fully saturated rings. The van der Waals surface area contributed by atoms with E-state index >= 15 is 0 Å². The molecule has 0 amide bonds. The van der Waals surface area contributed by atoms with E-state index in [9.17, 15) is 9.18 Å². The molecule has 0 radical (unpaired) electrons. The van der Waals surface area contributed by atoms with Crippen LogP contribution in [-0.2, 0) is 0 Å². The van der Waals surface area contributed by atoms with Crippen LogP contribution in [0.15, 0.2) is 58.0 Å². The number of amidine groups is 1. The van der Waals surface area contributed by atoms with Gasteiger partial charge in [-0.25, -0.2) is 4.39 Å². The molecule has 3 nitrogen and oxygen atoms in total. The molecule has 1 aliphatic rings. The Morgan fingerprint density at radius 1 is 1.04 bits per heavy atom. The van der Waals surface area contributed by atoms with Crippen molar-refractivity contribution in [3.05, 3.63) is 64.4 Å². The first kappa shape index (κ1) is 17.8. The van der Waals surface area contributed by atoms with Crippen LogP contribution in [0.4, 0.5) is 10.1 Å². The second kappa shape index (κ2) is 8.39. The molecule has 0 aromatic heterocycles. The fourth-order valence-corrected chi connectivity index (χ4v) is 3.17. The fraction of sp³-hybridized carbons (Fsp3) is 0.300. The lowest BCUT2D eigenvalue weighted by Gasteiger charge is -2.25. The molecule has 0 saturated heterocycles. The highest BCUT2D eigenvalue weighted by Crippen LogP contribution is 2.22. The number of halogens is 2. The van der Waals surface area contributed by atoms with E-state index in [0.29, 0.717) is 5.56 Å². The maximum absolute atomic E-state index is 13.1. The number of rotatable bonds is 4. The van der Waals surface area contributed by atoms with Crippen molar-refractivity contribution in [3.63, 3.8) is 0 Å². The van der Waals surface area contributed by atoms with Crippen LogP contribution < -0.4 is 4.90 Å². The van der Waals surface area contributed by atoms with E-state index in [-0.39, 0.29) is 18.1 Å². The number of carbonyl (C=O) groups is 1. The number of carbonyl (C=O) groups excluding carboxylic acids is 1. The minimum atomic E-state index is -0.338. The maximum atomic E-state index is 13.1. The van der Waals surface area contributed by atoms with Crippen molar-refractivity contribution in [1.82, 2.24) is 0 Å². The third-order valence-electron chi connectivity index (χ3n) is 4.27. The summed E-state index contributed by atoms with van der Waals surface area (Å²) in [6, 6.07) is 13.6. The van der Waals surface area contributed by atoms with Gasteiger partial charge in [0.25, 0.3) is 0 Å². The molecule has 1 heterocycles. The Balaban J connectivity index is 1.87. The average molecular weight is 403 g/mol. The van der Waals surface area contributed by atoms with Crippen molar-refractivity contribution >= 4 is 33.2 Å². The van der Waals surface area contributed by atoms with Gasteiger partial charge in [0, 0.05) is 28.7 Å². The van der Waals surface area contributed by atoms with Gasteiger partial charge >= 0.3 is 0 Å². The van der Waals surface area contributed by atoms with Crippen molar-refractivity contribution in [1.29, 1.82) is 0 Å². The van der Waals surface area contributed by atoms with E-state index in [0.717, 1.165) is 48.2 Å². The standard InChI is InChI=1S/C20H20BrFN2O/c21-16-7-11-18(12-8-16)24(20-4-2-1-3-13-23-20)14-19(25)15-5-9-17(22)10-6-15/h5-12H,1-4,13-14H2. The van der Waals surface area contributed by atoms with Crippen molar-refractivity contribution < 1.29 is 9.18 Å². The Labute approximate surface area is 155 Å². The number of Topliss-reactive ketones (excluding diaryl/α,β-unsaturated/α-hetero) is 1. The van der Waals surface area contributed by atoms with Crippen LogP contribution >= 0.6 is 15.9 Å². The van der Waals surface area contributed by atoms with Crippen LogP contribution in [0.1, 0.15) is 36.0 Å². The predicted octanol–water partition coefficient (Wildman–Crippen LogP) is 5.25. The number of benzene rings is 2. The van der Waals surface area contributed by atoms with Gasteiger partial charge in [-0.05, 0) is 61.4 Å². The maximum Gasteiger partial charge on any atom is 0.182 e. The minimum absolute atomic E-state index is 0.0464. The largest absolute Gasteiger partial charge is 0.322 e. The molecule has 1 aliphatic heterocycles. The molecule has 3 rings (SSSR count). The summed E-state index contributed by atoms with van der Waals surface area (Å²) in [5, 5.41) is 0. The van der Waals surface area contributed by atoms with Crippen LogP contribution in [0.3, 0.4) is 0 Å². The van der Waals surface area contributed by atoms with E-state index < -0.39 is 0 Å². The SMILES string of the molecule is O=C(CN(C1=NCCCCC1)c1ccc(Br)cc1)c1ccc(F)cc1. The first-order valence-electron chi connectivity index (χ1n) is 8.49. The van der Waals surface area contributed by atoms with Gasteiger partial charge in [0.15, 0.2) is 5.78 Å². The summed E-state index contributed by atoms with van der Waals surface area (Å²) in [5.74, 6) is 0.569. The summed E-state index contributed by atoms with van der Waals surface area (Å²) in [4.78, 5) is 19.4. The van der Waals surface area contributed by atoms with Crippen molar-refractivity contribution in [3.8, 4) is 0 Å². The highest BCUT2D eigenvalue weighted by molar-refractivity contribution is 9.10. The van der Waals surface area contributed by atoms with Crippen LogP contribution in [-0.4, -0.2) is 24.7 Å². The van der Waals surface area contributed by atoms with E-state index in [4.69, 9.17) is 4.99 Å². The first-order valence-corrected chi connectivity index (χ1v) is 9.28. The van der Waals surface area contributed by atoms with Gasteiger partial charge in [0.1, 0.15) is 11.7 Å². The summed E-state index contributed by atoms with van der Waals surface area (Å²) in [6.07, 6.45) is 4.19. The van der Waals surface area contributed by atoms with Crippen LogP contribution in [0, 0.1) is 5.82 Å². The van der Waals surface area contributed by atoms with Gasteiger partial charge in [-0.15, -0.1) is 0 Å². The van der Waals surface area contributed by atoms with Crippen LogP contribution in [0.2, 0.25) is 0 Å². The number of anilines is 1. The number of aliphatic imine (C=N–C) groups is 1. The molecule has 0 atom stereocenters. The lowest BCUT2D eigenvalue weighted by atomic mass is 10.1. The number of hydrogen-bond donors (Lipinski definition) is 0. The number of hydrogen-bond acceptors (Lipinski definition) is 3. The number of nitrogens with zero attached hydrogens (tertiary/aromatic N) is 2. The second-order valence-corrected chi connectivity index (χ2v) is 7.02. The molecule has 0 N–H and O–H groups in total. The van der Waals surface area contributed by atoms with E-state index in [1.165, 1.54) is 24.3 Å². The van der Waals surface area contributed by atoms with Gasteiger partial charge in [0.05, 0.1) is 6.54 Å². The Hall–Kier alpha value is -2.01.